The minimum atomic E-state index is -0.337. The van der Waals surface area contributed by atoms with Gasteiger partial charge < -0.3 is 15.4 Å². The molecule has 1 aliphatic rings. The van der Waals surface area contributed by atoms with Crippen LogP contribution in [0.25, 0.3) is 0 Å². The van der Waals surface area contributed by atoms with Gasteiger partial charge in [-0.2, -0.15) is 0 Å². The van der Waals surface area contributed by atoms with Gasteiger partial charge in [0.25, 0.3) is 0 Å². The van der Waals surface area contributed by atoms with Gasteiger partial charge in [-0.05, 0) is 30.7 Å². The van der Waals surface area contributed by atoms with E-state index in [0.717, 1.165) is 38.2 Å². The van der Waals surface area contributed by atoms with Crippen LogP contribution in [0.4, 0.5) is 4.39 Å². The number of carbonyl (C=O) groups excluding carboxylic acids is 1. The normalized spacial score (nSPS) is 15.9. The molecular formula is C16H24FN3O2. The van der Waals surface area contributed by atoms with Crippen LogP contribution in [0.5, 0.6) is 5.75 Å². The van der Waals surface area contributed by atoms with E-state index in [1.165, 1.54) is 13.2 Å². The Kier molecular flexibility index (Phi) is 6.15. The Bertz CT molecular complexity index is 502. The number of carbonyl (C=O) groups is 1. The highest BCUT2D eigenvalue weighted by molar-refractivity contribution is 5.76. The van der Waals surface area contributed by atoms with Gasteiger partial charge in [0.05, 0.1) is 7.11 Å². The zero-order valence-electron chi connectivity index (χ0n) is 13.1. The molecule has 1 saturated heterocycles. The Balaban J connectivity index is 1.82. The van der Waals surface area contributed by atoms with Crippen molar-refractivity contribution >= 4 is 5.91 Å². The predicted octanol–water partition coefficient (Wildman–Crippen LogP) is 1.22. The van der Waals surface area contributed by atoms with E-state index in [9.17, 15) is 9.18 Å². The summed E-state index contributed by atoms with van der Waals surface area (Å²) in [6.45, 7) is 4.30. The van der Waals surface area contributed by atoms with Gasteiger partial charge >= 0.3 is 0 Å². The van der Waals surface area contributed by atoms with Crippen molar-refractivity contribution in [2.24, 2.45) is 5.73 Å². The summed E-state index contributed by atoms with van der Waals surface area (Å²) in [5, 5.41) is 0. The highest BCUT2D eigenvalue weighted by Gasteiger charge is 2.20. The molecule has 2 N–H and O–H groups in total. The molecule has 5 nitrogen and oxygen atoms in total. The summed E-state index contributed by atoms with van der Waals surface area (Å²) in [7, 11) is 1.46. The van der Waals surface area contributed by atoms with Crippen LogP contribution < -0.4 is 10.5 Å². The van der Waals surface area contributed by atoms with Gasteiger partial charge in [0.2, 0.25) is 5.91 Å². The molecule has 1 aromatic rings. The average molecular weight is 309 g/mol. The van der Waals surface area contributed by atoms with E-state index in [1.54, 1.807) is 6.07 Å². The topological polar surface area (TPSA) is 58.8 Å². The molecule has 0 aromatic heterocycles. The SMILES string of the molecule is COc1ccc(CN2CCN(C(=O)CCCN)CC2)cc1F. The number of ether oxygens (including phenoxy) is 1. The second kappa shape index (κ2) is 8.10. The number of benzene rings is 1. The summed E-state index contributed by atoms with van der Waals surface area (Å²) in [4.78, 5) is 16.0. The average Bonchev–Trinajstić information content (AvgIpc) is 2.53. The molecule has 1 amide bonds. The van der Waals surface area contributed by atoms with E-state index in [2.05, 4.69) is 4.90 Å². The van der Waals surface area contributed by atoms with Crippen LogP contribution in [-0.2, 0) is 11.3 Å². The highest BCUT2D eigenvalue weighted by Crippen LogP contribution is 2.19. The van der Waals surface area contributed by atoms with E-state index in [0.29, 0.717) is 19.5 Å². The maximum absolute atomic E-state index is 13.7. The van der Waals surface area contributed by atoms with Crippen LogP contribution in [0.3, 0.4) is 0 Å². The summed E-state index contributed by atoms with van der Waals surface area (Å²) < 4.78 is 18.6. The van der Waals surface area contributed by atoms with Crippen molar-refractivity contribution in [1.82, 2.24) is 9.80 Å². The highest BCUT2D eigenvalue weighted by atomic mass is 19.1. The molecule has 0 spiro atoms. The summed E-state index contributed by atoms with van der Waals surface area (Å²) in [5.41, 5.74) is 6.35. The molecule has 0 atom stereocenters. The van der Waals surface area contributed by atoms with Crippen LogP contribution in [0, 0.1) is 5.82 Å². The molecule has 1 heterocycles. The van der Waals surface area contributed by atoms with Crippen molar-refractivity contribution in [2.45, 2.75) is 19.4 Å². The molecule has 22 heavy (non-hydrogen) atoms. The third-order valence-corrected chi connectivity index (χ3v) is 3.94. The minimum Gasteiger partial charge on any atom is -0.494 e. The number of nitrogens with two attached hydrogens (primary N) is 1. The maximum atomic E-state index is 13.7. The third-order valence-electron chi connectivity index (χ3n) is 3.94. The smallest absolute Gasteiger partial charge is 0.222 e. The molecule has 1 aromatic carbocycles. The predicted molar refractivity (Wildman–Crippen MR) is 83.1 cm³/mol. The van der Waals surface area contributed by atoms with Crippen molar-refractivity contribution < 1.29 is 13.9 Å². The Labute approximate surface area is 130 Å². The Morgan fingerprint density at radius 3 is 2.64 bits per heavy atom. The van der Waals surface area contributed by atoms with Gasteiger partial charge in [0.1, 0.15) is 0 Å². The number of hydrogen-bond donors (Lipinski definition) is 1. The van der Waals surface area contributed by atoms with Gasteiger partial charge in [0, 0.05) is 39.1 Å². The quantitative estimate of drug-likeness (QED) is 0.858. The van der Waals surface area contributed by atoms with Gasteiger partial charge in [0.15, 0.2) is 11.6 Å². The standard InChI is InChI=1S/C16H24FN3O2/c1-22-15-5-4-13(11-14(15)17)12-19-7-9-20(10-8-19)16(21)3-2-6-18/h4-5,11H,2-3,6-10,12,18H2,1H3. The first-order valence-corrected chi connectivity index (χ1v) is 7.66. The zero-order chi connectivity index (χ0) is 15.9. The van der Waals surface area contributed by atoms with Crippen molar-refractivity contribution in [3.8, 4) is 5.75 Å². The molecule has 0 saturated carbocycles. The molecule has 2 rings (SSSR count). The Hall–Kier alpha value is -1.66. The van der Waals surface area contributed by atoms with Crippen LogP contribution in [0.1, 0.15) is 18.4 Å². The van der Waals surface area contributed by atoms with Crippen molar-refractivity contribution in [2.75, 3.05) is 39.8 Å². The number of nitrogens with zero attached hydrogens (tertiary/aromatic N) is 2. The van der Waals surface area contributed by atoms with E-state index in [-0.39, 0.29) is 17.5 Å². The van der Waals surface area contributed by atoms with Gasteiger partial charge in [-0.3, -0.25) is 9.69 Å². The monoisotopic (exact) mass is 309 g/mol. The van der Waals surface area contributed by atoms with Crippen molar-refractivity contribution in [3.63, 3.8) is 0 Å². The van der Waals surface area contributed by atoms with Crippen LogP contribution in [0.15, 0.2) is 18.2 Å². The molecule has 1 aliphatic heterocycles. The molecule has 0 radical (unpaired) electrons. The van der Waals surface area contributed by atoms with E-state index in [1.807, 2.05) is 11.0 Å². The maximum Gasteiger partial charge on any atom is 0.222 e. The summed E-state index contributed by atoms with van der Waals surface area (Å²) >= 11 is 0. The van der Waals surface area contributed by atoms with E-state index in [4.69, 9.17) is 10.5 Å². The van der Waals surface area contributed by atoms with Crippen molar-refractivity contribution in [3.05, 3.63) is 29.6 Å². The van der Waals surface area contributed by atoms with E-state index >= 15 is 0 Å². The number of hydrogen-bond acceptors (Lipinski definition) is 4. The second-order valence-corrected chi connectivity index (χ2v) is 5.52. The first-order chi connectivity index (χ1) is 10.6. The largest absolute Gasteiger partial charge is 0.494 e. The molecule has 0 aliphatic carbocycles. The fourth-order valence-electron chi connectivity index (χ4n) is 2.63. The first kappa shape index (κ1) is 16.7. The summed E-state index contributed by atoms with van der Waals surface area (Å²) in [5.74, 6) is 0.107. The lowest BCUT2D eigenvalue weighted by molar-refractivity contribution is -0.133. The fraction of sp³-hybridized carbons (Fsp3) is 0.562. The summed E-state index contributed by atoms with van der Waals surface area (Å²) in [6, 6.07) is 5.04. The lowest BCUT2D eigenvalue weighted by Crippen LogP contribution is -2.48. The Morgan fingerprint density at radius 2 is 2.05 bits per heavy atom. The summed E-state index contributed by atoms with van der Waals surface area (Å²) in [6.07, 6.45) is 1.27. The van der Waals surface area contributed by atoms with Gasteiger partial charge in [-0.25, -0.2) is 4.39 Å². The van der Waals surface area contributed by atoms with Crippen LogP contribution in [0.2, 0.25) is 0 Å². The first-order valence-electron chi connectivity index (χ1n) is 7.66. The second-order valence-electron chi connectivity index (χ2n) is 5.52. The minimum absolute atomic E-state index is 0.181. The lowest BCUT2D eigenvalue weighted by Gasteiger charge is -2.34. The number of piperazine rings is 1. The number of methoxy groups -OCH3 is 1. The molecular weight excluding hydrogens is 285 g/mol. The lowest BCUT2D eigenvalue weighted by atomic mass is 10.1. The van der Waals surface area contributed by atoms with Gasteiger partial charge in [-0.15, -0.1) is 0 Å². The molecule has 6 heteroatoms. The number of halogens is 1. The number of amides is 1. The third kappa shape index (κ3) is 4.42. The Morgan fingerprint density at radius 1 is 1.32 bits per heavy atom. The van der Waals surface area contributed by atoms with Crippen LogP contribution in [-0.4, -0.2) is 55.5 Å². The molecule has 1 fully saturated rings. The van der Waals surface area contributed by atoms with Crippen molar-refractivity contribution in [1.29, 1.82) is 0 Å². The van der Waals surface area contributed by atoms with Gasteiger partial charge in [-0.1, -0.05) is 6.07 Å². The van der Waals surface area contributed by atoms with Crippen LogP contribution >= 0.6 is 0 Å². The van der Waals surface area contributed by atoms with E-state index < -0.39 is 0 Å². The molecule has 0 unspecified atom stereocenters. The fourth-order valence-corrected chi connectivity index (χ4v) is 2.63. The zero-order valence-corrected chi connectivity index (χ0v) is 13.1. The number of rotatable bonds is 6. The molecule has 122 valence electrons. The molecule has 0 bridgehead atoms.